The second-order valence-electron chi connectivity index (χ2n) is 7.00. The predicted octanol–water partition coefficient (Wildman–Crippen LogP) is 4.18. The van der Waals surface area contributed by atoms with Gasteiger partial charge in [0.15, 0.2) is 11.5 Å². The minimum absolute atomic E-state index is 0.139. The van der Waals surface area contributed by atoms with E-state index < -0.39 is 0 Å². The Balaban J connectivity index is 1.91. The average molecular weight is 421 g/mol. The summed E-state index contributed by atoms with van der Waals surface area (Å²) in [6.45, 7) is 5.71. The van der Waals surface area contributed by atoms with Gasteiger partial charge in [-0.3, -0.25) is 0 Å². The first-order valence-corrected chi connectivity index (χ1v) is 10.1. The molecule has 162 valence electrons. The van der Waals surface area contributed by atoms with Crippen molar-refractivity contribution >= 4 is 22.4 Å². The van der Waals surface area contributed by atoms with Crippen molar-refractivity contribution in [2.75, 3.05) is 38.9 Å². The van der Waals surface area contributed by atoms with Crippen LogP contribution >= 0.6 is 0 Å². The lowest BCUT2D eigenvalue weighted by atomic mass is 10.2. The van der Waals surface area contributed by atoms with Crippen molar-refractivity contribution in [3.63, 3.8) is 0 Å². The maximum absolute atomic E-state index is 5.97. The second-order valence-corrected chi connectivity index (χ2v) is 7.00. The fraction of sp³-hybridized carbons (Fsp3) is 0.333. The summed E-state index contributed by atoms with van der Waals surface area (Å²) < 4.78 is 22.5. The maximum atomic E-state index is 5.97. The van der Waals surface area contributed by atoms with Crippen molar-refractivity contribution in [3.8, 4) is 23.8 Å². The van der Waals surface area contributed by atoms with E-state index in [-0.39, 0.29) is 6.10 Å². The SMILES string of the molecule is C#Cc1cccc(Nc2ncnc3cc(OCCOC)c(OCCOC(C)C)cc23)c1. The van der Waals surface area contributed by atoms with Gasteiger partial charge in [0.1, 0.15) is 25.4 Å². The third-order valence-electron chi connectivity index (χ3n) is 4.33. The quantitative estimate of drug-likeness (QED) is 0.368. The molecule has 1 aromatic heterocycles. The minimum Gasteiger partial charge on any atom is -0.487 e. The van der Waals surface area contributed by atoms with Crippen LogP contribution in [-0.2, 0) is 9.47 Å². The third-order valence-corrected chi connectivity index (χ3v) is 4.33. The Kier molecular flexibility index (Phi) is 8.05. The van der Waals surface area contributed by atoms with E-state index in [2.05, 4.69) is 21.2 Å². The Hall–Kier alpha value is -3.34. The van der Waals surface area contributed by atoms with Gasteiger partial charge in [0.25, 0.3) is 0 Å². The number of benzene rings is 2. The largest absolute Gasteiger partial charge is 0.487 e. The van der Waals surface area contributed by atoms with Crippen molar-refractivity contribution < 1.29 is 18.9 Å². The average Bonchev–Trinajstić information content (AvgIpc) is 2.77. The number of rotatable bonds is 11. The first kappa shape index (κ1) is 22.3. The van der Waals surface area contributed by atoms with Crippen molar-refractivity contribution in [1.82, 2.24) is 9.97 Å². The highest BCUT2D eigenvalue weighted by molar-refractivity contribution is 5.93. The highest BCUT2D eigenvalue weighted by Crippen LogP contribution is 2.35. The summed E-state index contributed by atoms with van der Waals surface area (Å²) in [6, 6.07) is 11.3. The molecule has 0 fully saturated rings. The van der Waals surface area contributed by atoms with Gasteiger partial charge in [-0.05, 0) is 38.1 Å². The lowest BCUT2D eigenvalue weighted by Crippen LogP contribution is -2.12. The number of terminal acetylenes is 1. The summed E-state index contributed by atoms with van der Waals surface area (Å²) in [5.74, 6) is 4.46. The van der Waals surface area contributed by atoms with E-state index >= 15 is 0 Å². The van der Waals surface area contributed by atoms with Crippen LogP contribution in [0.3, 0.4) is 0 Å². The number of hydrogen-bond donors (Lipinski definition) is 1. The molecule has 0 saturated heterocycles. The summed E-state index contributed by atoms with van der Waals surface area (Å²) in [6.07, 6.45) is 7.16. The van der Waals surface area contributed by atoms with Gasteiger partial charge in [-0.25, -0.2) is 9.97 Å². The molecule has 0 atom stereocenters. The van der Waals surface area contributed by atoms with Gasteiger partial charge in [0, 0.05) is 29.8 Å². The summed E-state index contributed by atoms with van der Waals surface area (Å²) in [7, 11) is 1.63. The molecule has 2 aromatic carbocycles. The number of fused-ring (bicyclic) bond motifs is 1. The first-order valence-electron chi connectivity index (χ1n) is 10.1. The van der Waals surface area contributed by atoms with Crippen LogP contribution < -0.4 is 14.8 Å². The van der Waals surface area contributed by atoms with Crippen LogP contribution in [0.2, 0.25) is 0 Å². The molecule has 7 heteroatoms. The molecule has 0 amide bonds. The highest BCUT2D eigenvalue weighted by atomic mass is 16.6. The number of hydrogen-bond acceptors (Lipinski definition) is 7. The monoisotopic (exact) mass is 421 g/mol. The van der Waals surface area contributed by atoms with E-state index in [0.717, 1.165) is 22.2 Å². The smallest absolute Gasteiger partial charge is 0.163 e. The third kappa shape index (κ3) is 6.32. The van der Waals surface area contributed by atoms with Crippen LogP contribution in [0.5, 0.6) is 11.5 Å². The number of ether oxygens (including phenoxy) is 4. The molecule has 3 rings (SSSR count). The van der Waals surface area contributed by atoms with Crippen LogP contribution in [0.15, 0.2) is 42.7 Å². The van der Waals surface area contributed by atoms with Gasteiger partial charge in [-0.15, -0.1) is 6.42 Å². The maximum Gasteiger partial charge on any atom is 0.163 e. The predicted molar refractivity (Wildman–Crippen MR) is 121 cm³/mol. The molecule has 0 radical (unpaired) electrons. The molecule has 3 aromatic rings. The van der Waals surface area contributed by atoms with Crippen molar-refractivity contribution in [2.45, 2.75) is 20.0 Å². The molecule has 0 aliphatic rings. The minimum atomic E-state index is 0.139. The number of anilines is 2. The van der Waals surface area contributed by atoms with Crippen molar-refractivity contribution in [3.05, 3.63) is 48.3 Å². The van der Waals surface area contributed by atoms with Crippen LogP contribution in [0.25, 0.3) is 10.9 Å². The summed E-state index contributed by atoms with van der Waals surface area (Å²) in [5, 5.41) is 4.11. The lowest BCUT2D eigenvalue weighted by molar-refractivity contribution is 0.0542. The Labute approximate surface area is 182 Å². The zero-order chi connectivity index (χ0) is 22.1. The molecule has 0 aliphatic carbocycles. The summed E-state index contributed by atoms with van der Waals surface area (Å²) in [5.41, 5.74) is 2.35. The van der Waals surface area contributed by atoms with E-state index in [1.54, 1.807) is 7.11 Å². The van der Waals surface area contributed by atoms with Crippen LogP contribution in [-0.4, -0.2) is 49.6 Å². The summed E-state index contributed by atoms with van der Waals surface area (Å²) in [4.78, 5) is 8.80. The van der Waals surface area contributed by atoms with Crippen molar-refractivity contribution in [1.29, 1.82) is 0 Å². The van der Waals surface area contributed by atoms with E-state index in [1.165, 1.54) is 6.33 Å². The Morgan fingerprint density at radius 1 is 1.00 bits per heavy atom. The molecule has 0 spiro atoms. The molecule has 1 N–H and O–H groups in total. The van der Waals surface area contributed by atoms with Crippen LogP contribution in [0.4, 0.5) is 11.5 Å². The van der Waals surface area contributed by atoms with Crippen molar-refractivity contribution in [2.24, 2.45) is 0 Å². The molecule has 0 saturated carbocycles. The Bertz CT molecular complexity index is 1050. The zero-order valence-corrected chi connectivity index (χ0v) is 18.1. The number of nitrogens with zero attached hydrogens (tertiary/aromatic N) is 2. The summed E-state index contributed by atoms with van der Waals surface area (Å²) >= 11 is 0. The second kappa shape index (κ2) is 11.2. The number of aromatic nitrogens is 2. The molecule has 0 bridgehead atoms. The van der Waals surface area contributed by atoms with E-state index in [4.69, 9.17) is 25.4 Å². The molecular weight excluding hydrogens is 394 g/mol. The first-order chi connectivity index (χ1) is 15.1. The van der Waals surface area contributed by atoms with E-state index in [1.807, 2.05) is 50.2 Å². The molecule has 0 aliphatic heterocycles. The van der Waals surface area contributed by atoms with Gasteiger partial charge < -0.3 is 24.3 Å². The fourth-order valence-electron chi connectivity index (χ4n) is 2.88. The molecule has 31 heavy (non-hydrogen) atoms. The molecule has 1 heterocycles. The molecule has 7 nitrogen and oxygen atoms in total. The Morgan fingerprint density at radius 3 is 2.52 bits per heavy atom. The van der Waals surface area contributed by atoms with Gasteiger partial charge in [0.2, 0.25) is 0 Å². The molecular formula is C24H27N3O4. The molecule has 0 unspecified atom stereocenters. The number of nitrogens with one attached hydrogen (secondary N) is 1. The zero-order valence-electron chi connectivity index (χ0n) is 18.1. The Morgan fingerprint density at radius 2 is 1.77 bits per heavy atom. The van der Waals surface area contributed by atoms with Gasteiger partial charge in [0.05, 0.1) is 24.8 Å². The lowest BCUT2D eigenvalue weighted by Gasteiger charge is -2.16. The normalized spacial score (nSPS) is 10.8. The van der Waals surface area contributed by atoms with Crippen LogP contribution in [0.1, 0.15) is 19.4 Å². The van der Waals surface area contributed by atoms with Gasteiger partial charge in [-0.2, -0.15) is 0 Å². The standard InChI is InChI=1S/C24H27N3O4/c1-5-18-7-6-8-19(13-18)27-24-20-14-22(31-12-11-29-17(2)3)23(30-10-9-28-4)15-21(20)25-16-26-24/h1,6-8,13-17H,9-12H2,2-4H3,(H,25,26,27). The topological polar surface area (TPSA) is 74.7 Å². The van der Waals surface area contributed by atoms with Gasteiger partial charge in [-0.1, -0.05) is 12.0 Å². The van der Waals surface area contributed by atoms with Gasteiger partial charge >= 0.3 is 0 Å². The highest BCUT2D eigenvalue weighted by Gasteiger charge is 2.13. The fourth-order valence-corrected chi connectivity index (χ4v) is 2.88. The van der Waals surface area contributed by atoms with E-state index in [9.17, 15) is 0 Å². The van der Waals surface area contributed by atoms with E-state index in [0.29, 0.717) is 43.7 Å². The number of methoxy groups -OCH3 is 1. The van der Waals surface area contributed by atoms with Crippen LogP contribution in [0, 0.1) is 12.3 Å².